The van der Waals surface area contributed by atoms with Gasteiger partial charge >= 0.3 is 6.09 Å². The van der Waals surface area contributed by atoms with Gasteiger partial charge < -0.3 is 38.9 Å². The van der Waals surface area contributed by atoms with Crippen LogP contribution in [0.4, 0.5) is 4.79 Å². The first kappa shape index (κ1) is 27.3. The third kappa shape index (κ3) is 5.04. The molecule has 2 aliphatic rings. The van der Waals surface area contributed by atoms with Crippen molar-refractivity contribution in [2.45, 2.75) is 39.3 Å². The highest BCUT2D eigenvalue weighted by atomic mass is 16.7. The minimum absolute atomic E-state index is 0.0786. The van der Waals surface area contributed by atoms with Gasteiger partial charge in [0.1, 0.15) is 5.60 Å². The molecule has 0 saturated carbocycles. The Balaban J connectivity index is 1.43. The number of fused-ring (bicyclic) bond motifs is 6. The first-order valence-electron chi connectivity index (χ1n) is 13.1. The molecular weight excluding hydrogens is 518 g/mol. The van der Waals surface area contributed by atoms with Crippen molar-refractivity contribution in [1.29, 1.82) is 0 Å². The number of amides is 1. The highest BCUT2D eigenvalue weighted by molar-refractivity contribution is 6.27. The number of nitrogens with zero attached hydrogens (tertiary/aromatic N) is 1. The SMILES string of the molecule is COc1cc2c3c(n(CCCNCCNC(=O)OC(C)(C)C)c(=O)c2cc1OC)-c1cc2c(cc1C3=O)OCO2. The van der Waals surface area contributed by atoms with E-state index in [2.05, 4.69) is 10.6 Å². The topological polar surface area (TPSA) is 126 Å². The van der Waals surface area contributed by atoms with Crippen molar-refractivity contribution in [2.24, 2.45) is 0 Å². The molecule has 5 rings (SSSR count). The maximum absolute atomic E-state index is 13.9. The molecule has 1 aromatic heterocycles. The lowest BCUT2D eigenvalue weighted by Gasteiger charge is -2.19. The minimum atomic E-state index is -0.556. The Hall–Kier alpha value is -4.25. The van der Waals surface area contributed by atoms with Gasteiger partial charge in [-0.25, -0.2) is 4.79 Å². The van der Waals surface area contributed by atoms with Gasteiger partial charge in [-0.2, -0.15) is 0 Å². The van der Waals surface area contributed by atoms with Crippen molar-refractivity contribution in [3.05, 3.63) is 45.7 Å². The van der Waals surface area contributed by atoms with Crippen LogP contribution in [0.2, 0.25) is 0 Å². The van der Waals surface area contributed by atoms with Gasteiger partial charge in [-0.1, -0.05) is 0 Å². The third-order valence-corrected chi connectivity index (χ3v) is 6.72. The maximum Gasteiger partial charge on any atom is 0.407 e. The van der Waals surface area contributed by atoms with Gasteiger partial charge in [0.2, 0.25) is 6.79 Å². The fraction of sp³-hybridized carbons (Fsp3) is 0.414. The molecule has 0 radical (unpaired) electrons. The van der Waals surface area contributed by atoms with Gasteiger partial charge in [-0.15, -0.1) is 0 Å². The molecule has 1 aliphatic carbocycles. The van der Waals surface area contributed by atoms with Crippen LogP contribution < -0.4 is 35.1 Å². The number of carbonyl (C=O) groups excluding carboxylic acids is 2. The molecule has 11 nitrogen and oxygen atoms in total. The summed E-state index contributed by atoms with van der Waals surface area (Å²) in [7, 11) is 3.01. The number of alkyl carbamates (subject to hydrolysis) is 1. The quantitative estimate of drug-likeness (QED) is 0.301. The molecule has 2 N–H and O–H groups in total. The second-order valence-electron chi connectivity index (χ2n) is 10.5. The van der Waals surface area contributed by atoms with Crippen LogP contribution in [0.3, 0.4) is 0 Å². The van der Waals surface area contributed by atoms with Crippen molar-refractivity contribution < 1.29 is 33.3 Å². The van der Waals surface area contributed by atoms with Crippen LogP contribution in [0.5, 0.6) is 23.0 Å². The lowest BCUT2D eigenvalue weighted by atomic mass is 10.0. The molecule has 0 bridgehead atoms. The molecule has 1 aliphatic heterocycles. The van der Waals surface area contributed by atoms with E-state index in [-0.39, 0.29) is 18.1 Å². The van der Waals surface area contributed by atoms with E-state index in [1.807, 2.05) is 20.8 Å². The number of pyridine rings is 1. The molecule has 2 heterocycles. The largest absolute Gasteiger partial charge is 0.493 e. The average molecular weight is 552 g/mol. The number of aromatic nitrogens is 1. The first-order valence-corrected chi connectivity index (χ1v) is 13.1. The number of nitrogens with one attached hydrogen (secondary N) is 2. The number of carbonyl (C=O) groups is 2. The molecule has 0 atom stereocenters. The number of hydrogen-bond donors (Lipinski definition) is 2. The normalized spacial score (nSPS) is 13.3. The summed E-state index contributed by atoms with van der Waals surface area (Å²) < 4.78 is 28.9. The highest BCUT2D eigenvalue weighted by Crippen LogP contribution is 2.46. The van der Waals surface area contributed by atoms with E-state index in [1.54, 1.807) is 28.8 Å². The van der Waals surface area contributed by atoms with Gasteiger partial charge in [0.15, 0.2) is 28.8 Å². The molecule has 212 valence electrons. The van der Waals surface area contributed by atoms with E-state index in [4.69, 9.17) is 23.7 Å². The van der Waals surface area contributed by atoms with Crippen LogP contribution >= 0.6 is 0 Å². The van der Waals surface area contributed by atoms with Crippen molar-refractivity contribution in [2.75, 3.05) is 40.6 Å². The predicted octanol–water partition coefficient (Wildman–Crippen LogP) is 3.46. The maximum atomic E-state index is 13.9. The first-order chi connectivity index (χ1) is 19.1. The van der Waals surface area contributed by atoms with Crippen LogP contribution in [0.1, 0.15) is 43.1 Å². The number of benzene rings is 2. The zero-order chi connectivity index (χ0) is 28.6. The summed E-state index contributed by atoms with van der Waals surface area (Å²) in [5.41, 5.74) is 1.28. The number of ketones is 1. The Labute approximate surface area is 231 Å². The predicted molar refractivity (Wildman–Crippen MR) is 148 cm³/mol. The highest BCUT2D eigenvalue weighted by Gasteiger charge is 2.35. The van der Waals surface area contributed by atoms with Crippen molar-refractivity contribution in [3.8, 4) is 34.3 Å². The fourth-order valence-corrected chi connectivity index (χ4v) is 5.01. The van der Waals surface area contributed by atoms with E-state index >= 15 is 0 Å². The lowest BCUT2D eigenvalue weighted by molar-refractivity contribution is 0.0528. The van der Waals surface area contributed by atoms with Crippen LogP contribution in [0.15, 0.2) is 29.1 Å². The second kappa shape index (κ2) is 10.7. The van der Waals surface area contributed by atoms with Gasteiger partial charge in [-0.3, -0.25) is 9.59 Å². The zero-order valence-corrected chi connectivity index (χ0v) is 23.3. The fourth-order valence-electron chi connectivity index (χ4n) is 5.01. The van der Waals surface area contributed by atoms with Gasteiger partial charge in [0.05, 0.1) is 30.9 Å². The molecule has 0 spiro atoms. The molecule has 0 saturated heterocycles. The van der Waals surface area contributed by atoms with Crippen LogP contribution in [-0.2, 0) is 11.3 Å². The van der Waals surface area contributed by atoms with Crippen molar-refractivity contribution in [1.82, 2.24) is 15.2 Å². The monoisotopic (exact) mass is 551 g/mol. The third-order valence-electron chi connectivity index (χ3n) is 6.72. The molecular formula is C29H33N3O8. The van der Waals surface area contributed by atoms with E-state index in [9.17, 15) is 14.4 Å². The molecule has 1 amide bonds. The summed E-state index contributed by atoms with van der Waals surface area (Å²) in [5.74, 6) is 1.67. The molecule has 2 aromatic carbocycles. The van der Waals surface area contributed by atoms with Gasteiger partial charge in [0, 0.05) is 36.1 Å². The summed E-state index contributed by atoms with van der Waals surface area (Å²) in [5, 5.41) is 6.85. The molecule has 0 fully saturated rings. The number of ether oxygens (including phenoxy) is 5. The van der Waals surface area contributed by atoms with Crippen LogP contribution in [0, 0.1) is 0 Å². The Morgan fingerprint density at radius 2 is 1.57 bits per heavy atom. The Morgan fingerprint density at radius 1 is 0.925 bits per heavy atom. The van der Waals surface area contributed by atoms with E-state index in [0.29, 0.717) is 88.8 Å². The number of methoxy groups -OCH3 is 2. The van der Waals surface area contributed by atoms with Crippen LogP contribution in [-0.4, -0.2) is 62.7 Å². The number of rotatable bonds is 9. The van der Waals surface area contributed by atoms with Crippen LogP contribution in [0.25, 0.3) is 22.0 Å². The van der Waals surface area contributed by atoms with E-state index in [1.165, 1.54) is 14.2 Å². The smallest absolute Gasteiger partial charge is 0.407 e. The standard InChI is InChI=1S/C29H33N3O8/c1-29(2,3)40-28(35)31-9-8-30-7-6-10-32-25-17-12-22-23(39-15-38-22)13-18(17)26(33)24(25)16-11-20(36-4)21(37-5)14-19(16)27(32)34/h11-14,30H,6-10,15H2,1-5H3,(H,31,35). The summed E-state index contributed by atoms with van der Waals surface area (Å²) in [4.78, 5) is 39.5. The molecule has 3 aromatic rings. The average Bonchev–Trinajstić information content (AvgIpc) is 3.48. The van der Waals surface area contributed by atoms with E-state index < -0.39 is 11.7 Å². The van der Waals surface area contributed by atoms with Crippen molar-refractivity contribution in [3.63, 3.8) is 0 Å². The second-order valence-corrected chi connectivity index (χ2v) is 10.5. The molecule has 11 heteroatoms. The Morgan fingerprint density at radius 3 is 2.23 bits per heavy atom. The summed E-state index contributed by atoms with van der Waals surface area (Å²) in [6, 6.07) is 6.75. The molecule has 40 heavy (non-hydrogen) atoms. The Bertz CT molecular complexity index is 1550. The summed E-state index contributed by atoms with van der Waals surface area (Å²) in [6.07, 6.45) is 0.134. The van der Waals surface area contributed by atoms with Crippen molar-refractivity contribution >= 4 is 22.6 Å². The van der Waals surface area contributed by atoms with E-state index in [0.717, 1.165) is 0 Å². The number of hydrogen-bond acceptors (Lipinski definition) is 9. The minimum Gasteiger partial charge on any atom is -0.493 e. The summed E-state index contributed by atoms with van der Waals surface area (Å²) in [6.45, 7) is 7.38. The van der Waals surface area contributed by atoms with Gasteiger partial charge in [-0.05, 0) is 58.0 Å². The molecule has 0 unspecified atom stereocenters. The van der Waals surface area contributed by atoms with Gasteiger partial charge in [0.25, 0.3) is 5.56 Å². The zero-order valence-electron chi connectivity index (χ0n) is 23.3. The Kier molecular flexibility index (Phi) is 7.33. The lowest BCUT2D eigenvalue weighted by Crippen LogP contribution is -2.36. The summed E-state index contributed by atoms with van der Waals surface area (Å²) >= 11 is 0.